The summed E-state index contributed by atoms with van der Waals surface area (Å²) in [5.41, 5.74) is 4.59. The molecule has 0 atom stereocenters. The number of benzene rings is 2. The van der Waals surface area contributed by atoms with Crippen LogP contribution in [0.1, 0.15) is 26.5 Å². The van der Waals surface area contributed by atoms with Crippen molar-refractivity contribution < 1.29 is 9.18 Å². The Labute approximate surface area is 160 Å². The van der Waals surface area contributed by atoms with E-state index < -0.39 is 0 Å². The number of rotatable bonds is 3. The molecule has 1 amide bonds. The number of hydrogen-bond acceptors (Lipinski definition) is 3. The molecule has 0 unspecified atom stereocenters. The number of thiophene rings is 1. The van der Waals surface area contributed by atoms with E-state index in [9.17, 15) is 9.18 Å². The van der Waals surface area contributed by atoms with Crippen LogP contribution in [0.15, 0.2) is 48.5 Å². The van der Waals surface area contributed by atoms with Crippen molar-refractivity contribution in [2.24, 2.45) is 0 Å². The second-order valence-electron chi connectivity index (χ2n) is 6.50. The van der Waals surface area contributed by atoms with E-state index in [-0.39, 0.29) is 11.7 Å². The Hall–Kier alpha value is -2.99. The molecule has 4 rings (SSSR count). The van der Waals surface area contributed by atoms with Crippen molar-refractivity contribution in [3.63, 3.8) is 0 Å². The SMILES string of the molecule is Cc1cccc(NC(=O)c2cc3c(C)nn(-c4ccc(F)cc4)c3s2)c1C. The minimum atomic E-state index is -0.293. The predicted octanol–water partition coefficient (Wildman–Crippen LogP) is 5.40. The van der Waals surface area contributed by atoms with Crippen LogP contribution >= 0.6 is 11.3 Å². The molecule has 0 aliphatic carbocycles. The highest BCUT2D eigenvalue weighted by Crippen LogP contribution is 2.31. The number of aromatic nitrogens is 2. The van der Waals surface area contributed by atoms with Crippen molar-refractivity contribution in [1.82, 2.24) is 9.78 Å². The number of nitrogens with zero attached hydrogens (tertiary/aromatic N) is 2. The number of carbonyl (C=O) groups excluding carboxylic acids is 1. The normalized spacial score (nSPS) is 11.1. The molecule has 27 heavy (non-hydrogen) atoms. The predicted molar refractivity (Wildman–Crippen MR) is 108 cm³/mol. The zero-order valence-electron chi connectivity index (χ0n) is 15.2. The first kappa shape index (κ1) is 17.4. The highest BCUT2D eigenvalue weighted by Gasteiger charge is 2.18. The standard InChI is InChI=1S/C21H18FN3OS/c1-12-5-4-6-18(13(12)2)23-20(26)19-11-17-14(3)24-25(21(17)27-19)16-9-7-15(22)8-10-16/h4-11H,1-3H3,(H,23,26). The summed E-state index contributed by atoms with van der Waals surface area (Å²) in [5.74, 6) is -0.436. The highest BCUT2D eigenvalue weighted by molar-refractivity contribution is 7.20. The lowest BCUT2D eigenvalue weighted by atomic mass is 10.1. The van der Waals surface area contributed by atoms with E-state index in [0.717, 1.165) is 38.4 Å². The van der Waals surface area contributed by atoms with Crippen LogP contribution in [0.3, 0.4) is 0 Å². The number of fused-ring (bicyclic) bond motifs is 1. The van der Waals surface area contributed by atoms with E-state index in [1.54, 1.807) is 16.8 Å². The molecular formula is C21H18FN3OS. The maximum atomic E-state index is 13.2. The summed E-state index contributed by atoms with van der Waals surface area (Å²) < 4.78 is 15.0. The molecule has 2 heterocycles. The molecule has 0 fully saturated rings. The number of halogens is 1. The second-order valence-corrected chi connectivity index (χ2v) is 7.54. The van der Waals surface area contributed by atoms with E-state index >= 15 is 0 Å². The van der Waals surface area contributed by atoms with Crippen molar-refractivity contribution >= 4 is 33.1 Å². The van der Waals surface area contributed by atoms with Crippen LogP contribution in [-0.2, 0) is 0 Å². The van der Waals surface area contributed by atoms with Gasteiger partial charge in [0.2, 0.25) is 0 Å². The summed E-state index contributed by atoms with van der Waals surface area (Å²) in [7, 11) is 0. The van der Waals surface area contributed by atoms with Crippen LogP contribution in [-0.4, -0.2) is 15.7 Å². The van der Waals surface area contributed by atoms with Crippen LogP contribution in [0.25, 0.3) is 15.9 Å². The molecule has 4 aromatic rings. The smallest absolute Gasteiger partial charge is 0.265 e. The Morgan fingerprint density at radius 1 is 1.11 bits per heavy atom. The van der Waals surface area contributed by atoms with E-state index in [4.69, 9.17) is 0 Å². The third-order valence-electron chi connectivity index (χ3n) is 4.69. The van der Waals surface area contributed by atoms with E-state index in [0.29, 0.717) is 4.88 Å². The number of aryl methyl sites for hydroxylation is 2. The largest absolute Gasteiger partial charge is 0.321 e. The lowest BCUT2D eigenvalue weighted by Crippen LogP contribution is -2.11. The van der Waals surface area contributed by atoms with Gasteiger partial charge >= 0.3 is 0 Å². The summed E-state index contributed by atoms with van der Waals surface area (Å²) >= 11 is 1.38. The lowest BCUT2D eigenvalue weighted by Gasteiger charge is -2.09. The molecule has 0 aliphatic rings. The number of amides is 1. The molecule has 136 valence electrons. The molecule has 0 spiro atoms. The van der Waals surface area contributed by atoms with Crippen molar-refractivity contribution in [3.8, 4) is 5.69 Å². The van der Waals surface area contributed by atoms with Gasteiger partial charge in [-0.25, -0.2) is 9.07 Å². The summed E-state index contributed by atoms with van der Waals surface area (Å²) in [4.78, 5) is 14.2. The maximum absolute atomic E-state index is 13.2. The van der Waals surface area contributed by atoms with E-state index in [1.165, 1.54) is 23.5 Å². The molecule has 0 radical (unpaired) electrons. The van der Waals surface area contributed by atoms with Gasteiger partial charge in [0.1, 0.15) is 10.6 Å². The zero-order valence-corrected chi connectivity index (χ0v) is 16.0. The minimum Gasteiger partial charge on any atom is -0.321 e. The number of nitrogens with one attached hydrogen (secondary N) is 1. The number of anilines is 1. The summed E-state index contributed by atoms with van der Waals surface area (Å²) in [6, 6.07) is 13.9. The van der Waals surface area contributed by atoms with Crippen LogP contribution in [0.4, 0.5) is 10.1 Å². The van der Waals surface area contributed by atoms with Gasteiger partial charge in [0.05, 0.1) is 16.3 Å². The van der Waals surface area contributed by atoms with E-state index in [1.807, 2.05) is 45.0 Å². The minimum absolute atomic E-state index is 0.144. The maximum Gasteiger partial charge on any atom is 0.265 e. The topological polar surface area (TPSA) is 46.9 Å². The van der Waals surface area contributed by atoms with Gasteiger partial charge in [0.15, 0.2) is 0 Å². The number of carbonyl (C=O) groups is 1. The quantitative estimate of drug-likeness (QED) is 0.518. The molecule has 1 N–H and O–H groups in total. The molecule has 0 bridgehead atoms. The third-order valence-corrected chi connectivity index (χ3v) is 5.80. The highest BCUT2D eigenvalue weighted by atomic mass is 32.1. The van der Waals surface area contributed by atoms with Crippen molar-refractivity contribution in [2.75, 3.05) is 5.32 Å². The van der Waals surface area contributed by atoms with Gasteiger partial charge in [0.25, 0.3) is 5.91 Å². The fraction of sp³-hybridized carbons (Fsp3) is 0.143. The Balaban J connectivity index is 1.71. The summed E-state index contributed by atoms with van der Waals surface area (Å²) in [5, 5.41) is 8.46. The molecule has 4 nitrogen and oxygen atoms in total. The molecule has 2 aromatic heterocycles. The molecule has 6 heteroatoms. The zero-order chi connectivity index (χ0) is 19.1. The third kappa shape index (κ3) is 3.13. The fourth-order valence-corrected chi connectivity index (χ4v) is 4.06. The van der Waals surface area contributed by atoms with Gasteiger partial charge < -0.3 is 5.32 Å². The average molecular weight is 379 g/mol. The molecular weight excluding hydrogens is 361 g/mol. The van der Waals surface area contributed by atoms with Gasteiger partial charge in [-0.05, 0) is 68.3 Å². The first-order valence-corrected chi connectivity index (χ1v) is 9.38. The van der Waals surface area contributed by atoms with Crippen LogP contribution in [0, 0.1) is 26.6 Å². The lowest BCUT2D eigenvalue weighted by molar-refractivity contribution is 0.103. The van der Waals surface area contributed by atoms with Gasteiger partial charge in [-0.1, -0.05) is 12.1 Å². The first-order chi connectivity index (χ1) is 12.9. The van der Waals surface area contributed by atoms with Gasteiger partial charge in [-0.15, -0.1) is 11.3 Å². The van der Waals surface area contributed by atoms with Crippen molar-refractivity contribution in [1.29, 1.82) is 0 Å². The fourth-order valence-electron chi connectivity index (χ4n) is 2.99. The Morgan fingerprint density at radius 3 is 2.59 bits per heavy atom. The van der Waals surface area contributed by atoms with Gasteiger partial charge in [-0.2, -0.15) is 5.10 Å². The Morgan fingerprint density at radius 2 is 1.85 bits per heavy atom. The van der Waals surface area contributed by atoms with Crippen LogP contribution < -0.4 is 5.32 Å². The Bertz CT molecular complexity index is 1160. The first-order valence-electron chi connectivity index (χ1n) is 8.56. The summed E-state index contributed by atoms with van der Waals surface area (Å²) in [6.07, 6.45) is 0. The van der Waals surface area contributed by atoms with Gasteiger partial charge in [-0.3, -0.25) is 4.79 Å². The van der Waals surface area contributed by atoms with Crippen molar-refractivity contribution in [2.45, 2.75) is 20.8 Å². The Kier molecular flexibility index (Phi) is 4.28. The van der Waals surface area contributed by atoms with Crippen LogP contribution in [0.5, 0.6) is 0 Å². The molecule has 2 aromatic carbocycles. The molecule has 0 saturated carbocycles. The summed E-state index contributed by atoms with van der Waals surface area (Å²) in [6.45, 7) is 5.92. The number of hydrogen-bond donors (Lipinski definition) is 1. The molecule has 0 aliphatic heterocycles. The van der Waals surface area contributed by atoms with Crippen LogP contribution in [0.2, 0.25) is 0 Å². The second kappa shape index (κ2) is 6.63. The average Bonchev–Trinajstić information content (AvgIpc) is 3.21. The van der Waals surface area contributed by atoms with Crippen molar-refractivity contribution in [3.05, 3.63) is 76.0 Å². The monoisotopic (exact) mass is 379 g/mol. The van der Waals surface area contributed by atoms with E-state index in [2.05, 4.69) is 10.4 Å². The molecule has 0 saturated heterocycles. The van der Waals surface area contributed by atoms with Gasteiger partial charge in [0, 0.05) is 11.1 Å².